The average molecular weight is 297 g/mol. The van der Waals surface area contributed by atoms with Gasteiger partial charge in [0.05, 0.1) is 13.0 Å². The van der Waals surface area contributed by atoms with E-state index in [1.165, 1.54) is 18.2 Å². The Bertz CT molecular complexity index is 428. The van der Waals surface area contributed by atoms with Gasteiger partial charge < -0.3 is 4.74 Å². The summed E-state index contributed by atoms with van der Waals surface area (Å²) in [5, 5.41) is 0. The maximum Gasteiger partial charge on any atom is 0.308 e. The van der Waals surface area contributed by atoms with Crippen LogP contribution in [0.2, 0.25) is 0 Å². The molecule has 1 aromatic carbocycles. The Balaban J connectivity index is 1.83. The van der Waals surface area contributed by atoms with Crippen molar-refractivity contribution < 1.29 is 9.53 Å². The van der Waals surface area contributed by atoms with Gasteiger partial charge in [-0.05, 0) is 49.3 Å². The molecule has 1 saturated carbocycles. The molecule has 1 aromatic rings. The SMILES string of the molecule is COC(=O)C1CC1CCc1ccc(C)c(Br)c1. The zero-order valence-electron chi connectivity index (χ0n) is 10.2. The van der Waals surface area contributed by atoms with Crippen LogP contribution < -0.4 is 0 Å². The molecule has 0 amide bonds. The molecule has 1 fully saturated rings. The Morgan fingerprint density at radius 1 is 1.53 bits per heavy atom. The molecule has 2 nitrogen and oxygen atoms in total. The van der Waals surface area contributed by atoms with Gasteiger partial charge >= 0.3 is 5.97 Å². The zero-order chi connectivity index (χ0) is 12.4. The van der Waals surface area contributed by atoms with Crippen molar-refractivity contribution in [3.63, 3.8) is 0 Å². The summed E-state index contributed by atoms with van der Waals surface area (Å²) in [6.07, 6.45) is 3.12. The summed E-state index contributed by atoms with van der Waals surface area (Å²) in [5.41, 5.74) is 2.59. The topological polar surface area (TPSA) is 26.3 Å². The van der Waals surface area contributed by atoms with E-state index in [2.05, 4.69) is 41.1 Å². The quantitative estimate of drug-likeness (QED) is 0.795. The third-order valence-corrected chi connectivity index (χ3v) is 4.32. The van der Waals surface area contributed by atoms with Crippen LogP contribution >= 0.6 is 15.9 Å². The standard InChI is InChI=1S/C14H17BrO2/c1-9-3-4-10(7-13(9)15)5-6-11-8-12(11)14(16)17-2/h3-4,7,11-12H,5-6,8H2,1-2H3. The van der Waals surface area contributed by atoms with Crippen LogP contribution in [0, 0.1) is 18.8 Å². The molecule has 0 radical (unpaired) electrons. The highest BCUT2D eigenvalue weighted by atomic mass is 79.9. The van der Waals surface area contributed by atoms with Crippen molar-refractivity contribution in [1.82, 2.24) is 0 Å². The first-order chi connectivity index (χ1) is 8.11. The fourth-order valence-electron chi connectivity index (χ4n) is 2.15. The van der Waals surface area contributed by atoms with Crippen molar-refractivity contribution in [2.24, 2.45) is 11.8 Å². The van der Waals surface area contributed by atoms with Gasteiger partial charge in [-0.1, -0.05) is 28.1 Å². The lowest BCUT2D eigenvalue weighted by Crippen LogP contribution is -2.04. The van der Waals surface area contributed by atoms with E-state index in [1.54, 1.807) is 0 Å². The van der Waals surface area contributed by atoms with Crippen molar-refractivity contribution in [2.75, 3.05) is 7.11 Å². The summed E-state index contributed by atoms with van der Waals surface area (Å²) in [6, 6.07) is 6.46. The number of rotatable bonds is 4. The Hall–Kier alpha value is -0.830. The van der Waals surface area contributed by atoms with Crippen molar-refractivity contribution in [3.05, 3.63) is 33.8 Å². The third-order valence-electron chi connectivity index (χ3n) is 3.47. The second-order valence-corrected chi connectivity index (χ2v) is 5.60. The lowest BCUT2D eigenvalue weighted by molar-refractivity contribution is -0.142. The molecule has 2 atom stereocenters. The minimum atomic E-state index is -0.0416. The Morgan fingerprint density at radius 3 is 2.94 bits per heavy atom. The van der Waals surface area contributed by atoms with Crippen LogP contribution in [-0.2, 0) is 16.0 Å². The summed E-state index contributed by atoms with van der Waals surface area (Å²) in [4.78, 5) is 11.3. The highest BCUT2D eigenvalue weighted by Crippen LogP contribution is 2.42. The molecule has 2 rings (SSSR count). The summed E-state index contributed by atoms with van der Waals surface area (Å²) in [7, 11) is 1.47. The molecule has 1 aliphatic rings. The van der Waals surface area contributed by atoms with E-state index >= 15 is 0 Å². The minimum absolute atomic E-state index is 0.0416. The van der Waals surface area contributed by atoms with Crippen LogP contribution in [-0.4, -0.2) is 13.1 Å². The largest absolute Gasteiger partial charge is 0.469 e. The lowest BCUT2D eigenvalue weighted by Gasteiger charge is -2.04. The van der Waals surface area contributed by atoms with E-state index in [4.69, 9.17) is 4.74 Å². The predicted octanol–water partition coefficient (Wildman–Crippen LogP) is 3.50. The van der Waals surface area contributed by atoms with Crippen molar-refractivity contribution >= 4 is 21.9 Å². The van der Waals surface area contributed by atoms with Gasteiger partial charge in [0.2, 0.25) is 0 Å². The molecular formula is C14H17BrO2. The van der Waals surface area contributed by atoms with Gasteiger partial charge in [-0.2, -0.15) is 0 Å². The van der Waals surface area contributed by atoms with Crippen LogP contribution in [0.3, 0.4) is 0 Å². The second-order valence-electron chi connectivity index (χ2n) is 4.75. The Morgan fingerprint density at radius 2 is 2.29 bits per heavy atom. The molecule has 17 heavy (non-hydrogen) atoms. The van der Waals surface area contributed by atoms with E-state index in [0.29, 0.717) is 5.92 Å². The molecule has 0 bridgehead atoms. The lowest BCUT2D eigenvalue weighted by atomic mass is 10.1. The third kappa shape index (κ3) is 3.09. The highest BCUT2D eigenvalue weighted by Gasteiger charge is 2.43. The zero-order valence-corrected chi connectivity index (χ0v) is 11.8. The number of methoxy groups -OCH3 is 1. The minimum Gasteiger partial charge on any atom is -0.469 e. The molecule has 0 saturated heterocycles. The fraction of sp³-hybridized carbons (Fsp3) is 0.500. The Kier molecular flexibility index (Phi) is 3.87. The summed E-state index contributed by atoms with van der Waals surface area (Å²) in [6.45, 7) is 2.09. The van der Waals surface area contributed by atoms with Gasteiger partial charge in [0.25, 0.3) is 0 Å². The van der Waals surface area contributed by atoms with E-state index < -0.39 is 0 Å². The van der Waals surface area contributed by atoms with Gasteiger partial charge in [-0.3, -0.25) is 4.79 Å². The summed E-state index contributed by atoms with van der Waals surface area (Å²) in [5.74, 6) is 0.650. The van der Waals surface area contributed by atoms with Crippen LogP contribution in [0.1, 0.15) is 24.0 Å². The molecule has 2 unspecified atom stereocenters. The number of aryl methyl sites for hydroxylation is 2. The van der Waals surface area contributed by atoms with E-state index in [-0.39, 0.29) is 11.9 Å². The summed E-state index contributed by atoms with van der Waals surface area (Å²) >= 11 is 3.54. The number of benzene rings is 1. The van der Waals surface area contributed by atoms with Crippen molar-refractivity contribution in [2.45, 2.75) is 26.2 Å². The molecule has 0 N–H and O–H groups in total. The molecule has 92 valence electrons. The van der Waals surface area contributed by atoms with Crippen LogP contribution in [0.25, 0.3) is 0 Å². The van der Waals surface area contributed by atoms with Crippen LogP contribution in [0.5, 0.6) is 0 Å². The van der Waals surface area contributed by atoms with Gasteiger partial charge in [-0.25, -0.2) is 0 Å². The normalized spacial score (nSPS) is 22.3. The number of ether oxygens (including phenoxy) is 1. The molecule has 0 aliphatic heterocycles. The van der Waals surface area contributed by atoms with Gasteiger partial charge in [0.15, 0.2) is 0 Å². The van der Waals surface area contributed by atoms with Gasteiger partial charge in [0.1, 0.15) is 0 Å². The maximum absolute atomic E-state index is 11.3. The fourth-order valence-corrected chi connectivity index (χ4v) is 2.58. The van der Waals surface area contributed by atoms with E-state index in [9.17, 15) is 4.79 Å². The first kappa shape index (κ1) is 12.6. The number of esters is 1. The first-order valence-corrected chi connectivity index (χ1v) is 6.74. The van der Waals surface area contributed by atoms with E-state index in [0.717, 1.165) is 23.7 Å². The molecular weight excluding hydrogens is 280 g/mol. The first-order valence-electron chi connectivity index (χ1n) is 5.94. The number of carbonyl (C=O) groups excluding carboxylic acids is 1. The number of halogens is 1. The van der Waals surface area contributed by atoms with Gasteiger partial charge in [0, 0.05) is 4.47 Å². The van der Waals surface area contributed by atoms with Crippen molar-refractivity contribution in [3.8, 4) is 0 Å². The van der Waals surface area contributed by atoms with Gasteiger partial charge in [-0.15, -0.1) is 0 Å². The van der Waals surface area contributed by atoms with Crippen LogP contribution in [0.4, 0.5) is 0 Å². The number of hydrogen-bond acceptors (Lipinski definition) is 2. The summed E-state index contributed by atoms with van der Waals surface area (Å²) < 4.78 is 5.91. The average Bonchev–Trinajstić information content (AvgIpc) is 3.09. The van der Waals surface area contributed by atoms with E-state index in [1.807, 2.05) is 0 Å². The molecule has 3 heteroatoms. The molecule has 0 aromatic heterocycles. The number of carbonyl (C=O) groups is 1. The molecule has 0 heterocycles. The molecule has 1 aliphatic carbocycles. The predicted molar refractivity (Wildman–Crippen MR) is 70.8 cm³/mol. The maximum atomic E-state index is 11.3. The smallest absolute Gasteiger partial charge is 0.308 e. The monoisotopic (exact) mass is 296 g/mol. The molecule has 0 spiro atoms. The van der Waals surface area contributed by atoms with Crippen molar-refractivity contribution in [1.29, 1.82) is 0 Å². The second kappa shape index (κ2) is 5.21. The Labute approximate surface area is 110 Å². The van der Waals surface area contributed by atoms with Crippen LogP contribution in [0.15, 0.2) is 22.7 Å². The number of hydrogen-bond donors (Lipinski definition) is 0. The highest BCUT2D eigenvalue weighted by molar-refractivity contribution is 9.10.